The number of benzene rings is 1. The second-order valence-corrected chi connectivity index (χ2v) is 6.94. The summed E-state index contributed by atoms with van der Waals surface area (Å²) in [5.74, 6) is 0.829. The van der Waals surface area contributed by atoms with Gasteiger partial charge in [0.1, 0.15) is 0 Å². The number of pyridine rings is 1. The zero-order valence-electron chi connectivity index (χ0n) is 14.3. The van der Waals surface area contributed by atoms with Crippen molar-refractivity contribution in [1.82, 2.24) is 14.6 Å². The van der Waals surface area contributed by atoms with Crippen LogP contribution in [0.5, 0.6) is 5.75 Å². The van der Waals surface area contributed by atoms with Crippen molar-refractivity contribution >= 4 is 40.4 Å². The van der Waals surface area contributed by atoms with Crippen LogP contribution in [0, 0.1) is 0 Å². The highest BCUT2D eigenvalue weighted by molar-refractivity contribution is 7.13. The van der Waals surface area contributed by atoms with Gasteiger partial charge in [-0.05, 0) is 41.3 Å². The van der Waals surface area contributed by atoms with Crippen molar-refractivity contribution in [2.75, 3.05) is 12.4 Å². The molecular formula is C19H15ClN4O2S. The van der Waals surface area contributed by atoms with Crippen LogP contribution in [0.3, 0.4) is 0 Å². The molecule has 0 spiro atoms. The Kier molecular flexibility index (Phi) is 4.79. The topological polar surface area (TPSA) is 68.5 Å². The van der Waals surface area contributed by atoms with E-state index in [4.69, 9.17) is 16.3 Å². The lowest BCUT2D eigenvalue weighted by molar-refractivity contribution is 0.102. The zero-order valence-corrected chi connectivity index (χ0v) is 15.9. The summed E-state index contributed by atoms with van der Waals surface area (Å²) in [4.78, 5) is 18.0. The lowest BCUT2D eigenvalue weighted by Crippen LogP contribution is -2.13. The van der Waals surface area contributed by atoms with Crippen molar-refractivity contribution < 1.29 is 9.53 Å². The maximum atomic E-state index is 12.6. The average molecular weight is 399 g/mol. The highest BCUT2D eigenvalue weighted by Crippen LogP contribution is 2.29. The zero-order chi connectivity index (χ0) is 18.8. The van der Waals surface area contributed by atoms with Gasteiger partial charge in [0.05, 0.1) is 17.7 Å². The van der Waals surface area contributed by atoms with E-state index in [0.29, 0.717) is 22.8 Å². The molecule has 0 bridgehead atoms. The van der Waals surface area contributed by atoms with E-state index in [9.17, 15) is 4.79 Å². The Morgan fingerprint density at radius 2 is 2.15 bits per heavy atom. The Bertz CT molecular complexity index is 1110. The highest BCUT2D eigenvalue weighted by atomic mass is 35.5. The number of amides is 1. The fraction of sp³-hybridized carbons (Fsp3) is 0.105. The number of fused-ring (bicyclic) bond motifs is 1. The molecule has 0 unspecified atom stereocenters. The maximum Gasteiger partial charge on any atom is 0.258 e. The van der Waals surface area contributed by atoms with Crippen molar-refractivity contribution in [1.29, 1.82) is 0 Å². The van der Waals surface area contributed by atoms with E-state index in [1.165, 1.54) is 0 Å². The summed E-state index contributed by atoms with van der Waals surface area (Å²) >= 11 is 7.44. The molecule has 8 heteroatoms. The summed E-state index contributed by atoms with van der Waals surface area (Å²) < 4.78 is 7.06. The number of ether oxygens (including phenoxy) is 1. The minimum absolute atomic E-state index is 0.207. The van der Waals surface area contributed by atoms with Gasteiger partial charge in [0.15, 0.2) is 11.4 Å². The van der Waals surface area contributed by atoms with E-state index < -0.39 is 0 Å². The van der Waals surface area contributed by atoms with Crippen molar-refractivity contribution in [3.8, 4) is 16.3 Å². The first-order valence-corrected chi connectivity index (χ1v) is 9.55. The number of thiophene rings is 1. The average Bonchev–Trinajstić information content (AvgIpc) is 3.37. The van der Waals surface area contributed by atoms with E-state index in [2.05, 4.69) is 15.4 Å². The molecule has 0 atom stereocenters. The lowest BCUT2D eigenvalue weighted by atomic mass is 10.1. The number of nitrogens with one attached hydrogen (secondary N) is 1. The third-order valence-electron chi connectivity index (χ3n) is 4.01. The van der Waals surface area contributed by atoms with E-state index in [-0.39, 0.29) is 11.9 Å². The molecule has 0 aliphatic rings. The Hall–Kier alpha value is -2.90. The molecule has 0 saturated carbocycles. The molecule has 6 nitrogen and oxygen atoms in total. The molecular weight excluding hydrogens is 384 g/mol. The Labute approximate surface area is 164 Å². The maximum absolute atomic E-state index is 12.6. The lowest BCUT2D eigenvalue weighted by Gasteiger charge is -2.05. The summed E-state index contributed by atoms with van der Waals surface area (Å²) in [5, 5.41) is 9.20. The second kappa shape index (κ2) is 7.38. The Morgan fingerprint density at radius 1 is 1.26 bits per heavy atom. The van der Waals surface area contributed by atoms with Gasteiger partial charge in [-0.25, -0.2) is 4.52 Å². The molecule has 1 aromatic carbocycles. The minimum Gasteiger partial charge on any atom is -0.493 e. The molecule has 0 radical (unpaired) electrons. The quantitative estimate of drug-likeness (QED) is 0.504. The SMILES string of the molecule is COc1ccc(-c2cccs2)n2nc(NC(=O)c3cccc(CCl)c3)nc12. The number of rotatable bonds is 5. The van der Waals surface area contributed by atoms with Crippen LogP contribution < -0.4 is 10.1 Å². The van der Waals surface area contributed by atoms with Gasteiger partial charge >= 0.3 is 0 Å². The van der Waals surface area contributed by atoms with Crippen LogP contribution in [0.25, 0.3) is 16.2 Å². The van der Waals surface area contributed by atoms with Crippen molar-refractivity contribution in [2.24, 2.45) is 0 Å². The van der Waals surface area contributed by atoms with Crippen LogP contribution in [0.2, 0.25) is 0 Å². The first-order chi connectivity index (χ1) is 13.2. The Morgan fingerprint density at radius 3 is 2.89 bits per heavy atom. The number of hydrogen-bond donors (Lipinski definition) is 1. The molecule has 1 amide bonds. The molecule has 3 heterocycles. The summed E-state index contributed by atoms with van der Waals surface area (Å²) in [5.41, 5.74) is 2.78. The fourth-order valence-electron chi connectivity index (χ4n) is 2.73. The molecule has 27 heavy (non-hydrogen) atoms. The first kappa shape index (κ1) is 17.5. The molecule has 3 aromatic heterocycles. The van der Waals surface area contributed by atoms with Crippen LogP contribution >= 0.6 is 22.9 Å². The van der Waals surface area contributed by atoms with Crippen LogP contribution in [0.1, 0.15) is 15.9 Å². The van der Waals surface area contributed by atoms with Crippen molar-refractivity contribution in [2.45, 2.75) is 5.88 Å². The molecule has 0 aliphatic carbocycles. The summed E-state index contributed by atoms with van der Waals surface area (Å²) in [6, 6.07) is 14.9. The van der Waals surface area contributed by atoms with Gasteiger partial charge in [0, 0.05) is 11.4 Å². The summed E-state index contributed by atoms with van der Waals surface area (Å²) in [7, 11) is 1.57. The van der Waals surface area contributed by atoms with E-state index in [1.807, 2.05) is 35.7 Å². The number of carbonyl (C=O) groups is 1. The fourth-order valence-corrected chi connectivity index (χ4v) is 3.63. The standard InChI is InChI=1S/C19H15ClN4O2S/c1-26-15-8-7-14(16-6-3-9-27-16)24-17(15)21-19(23-24)22-18(25)13-5-2-4-12(10-13)11-20/h2-10H,11H2,1H3,(H,22,23,25). The minimum atomic E-state index is -0.297. The van der Waals surface area contributed by atoms with Gasteiger partial charge in [-0.3, -0.25) is 10.1 Å². The third-order valence-corrected chi connectivity index (χ3v) is 5.21. The summed E-state index contributed by atoms with van der Waals surface area (Å²) in [6.45, 7) is 0. The molecule has 4 aromatic rings. The second-order valence-electron chi connectivity index (χ2n) is 5.72. The van der Waals surface area contributed by atoms with Gasteiger partial charge < -0.3 is 4.74 Å². The highest BCUT2D eigenvalue weighted by Gasteiger charge is 2.16. The number of aromatic nitrogens is 3. The Balaban J connectivity index is 1.72. The first-order valence-electron chi connectivity index (χ1n) is 8.13. The van der Waals surface area contributed by atoms with Crippen LogP contribution in [0.4, 0.5) is 5.95 Å². The molecule has 4 rings (SSSR count). The van der Waals surface area contributed by atoms with Gasteiger partial charge in [-0.1, -0.05) is 18.2 Å². The van der Waals surface area contributed by atoms with E-state index in [1.54, 1.807) is 41.2 Å². The number of halogens is 1. The van der Waals surface area contributed by atoms with E-state index in [0.717, 1.165) is 16.1 Å². The number of carbonyl (C=O) groups excluding carboxylic acids is 1. The predicted molar refractivity (Wildman–Crippen MR) is 107 cm³/mol. The molecule has 0 saturated heterocycles. The van der Waals surface area contributed by atoms with Crippen LogP contribution in [-0.2, 0) is 5.88 Å². The smallest absolute Gasteiger partial charge is 0.258 e. The van der Waals surface area contributed by atoms with Gasteiger partial charge in [0.25, 0.3) is 5.91 Å². The van der Waals surface area contributed by atoms with E-state index >= 15 is 0 Å². The van der Waals surface area contributed by atoms with Crippen molar-refractivity contribution in [3.05, 3.63) is 65.0 Å². The largest absolute Gasteiger partial charge is 0.493 e. The molecule has 1 N–H and O–H groups in total. The molecule has 136 valence electrons. The van der Waals surface area contributed by atoms with Gasteiger partial charge in [0.2, 0.25) is 5.95 Å². The molecule has 0 aliphatic heterocycles. The van der Waals surface area contributed by atoms with Crippen LogP contribution in [0.15, 0.2) is 53.9 Å². The number of anilines is 1. The number of methoxy groups -OCH3 is 1. The normalized spacial score (nSPS) is 10.9. The predicted octanol–water partition coefficient (Wildman–Crippen LogP) is 4.46. The number of nitrogens with zero attached hydrogens (tertiary/aromatic N) is 3. The molecule has 0 fully saturated rings. The monoisotopic (exact) mass is 398 g/mol. The summed E-state index contributed by atoms with van der Waals surface area (Å²) in [6.07, 6.45) is 0. The van der Waals surface area contributed by atoms with Crippen molar-refractivity contribution in [3.63, 3.8) is 0 Å². The van der Waals surface area contributed by atoms with Gasteiger partial charge in [-0.15, -0.1) is 28.0 Å². The number of alkyl halides is 1. The van der Waals surface area contributed by atoms with Gasteiger partial charge in [-0.2, -0.15) is 4.98 Å². The third kappa shape index (κ3) is 3.39. The number of hydrogen-bond acceptors (Lipinski definition) is 5. The van der Waals surface area contributed by atoms with Crippen LogP contribution in [-0.4, -0.2) is 27.6 Å².